The molecule has 18 heavy (non-hydrogen) atoms. The molecular weight excluding hydrogens is 275 g/mol. The van der Waals surface area contributed by atoms with Crippen LogP contribution in [0.5, 0.6) is 0 Å². The van der Waals surface area contributed by atoms with Crippen LogP contribution in [0.15, 0.2) is 18.5 Å². The first-order valence-corrected chi connectivity index (χ1v) is 5.67. The molecule has 1 aromatic heterocycles. The Labute approximate surface area is 120 Å². The maximum atomic E-state index is 11.9. The number of likely N-dealkylation sites (tertiary alicyclic amines) is 1. The Kier molecular flexibility index (Phi) is 7.28. The van der Waals surface area contributed by atoms with Crippen LogP contribution < -0.4 is 5.73 Å². The second-order valence-electron chi connectivity index (χ2n) is 4.45. The molecule has 0 saturated carbocycles. The minimum Gasteiger partial charge on any atom is -0.341 e. The summed E-state index contributed by atoms with van der Waals surface area (Å²) in [6.07, 6.45) is 4.50. The molecular formula is C11H20Cl2N4O. The topological polar surface area (TPSA) is 64.2 Å². The highest BCUT2D eigenvalue weighted by Crippen LogP contribution is 2.18. The molecule has 2 unspecified atom stereocenters. The zero-order valence-corrected chi connectivity index (χ0v) is 12.0. The maximum absolute atomic E-state index is 11.9. The van der Waals surface area contributed by atoms with E-state index in [4.69, 9.17) is 5.73 Å². The molecule has 1 aliphatic rings. The largest absolute Gasteiger partial charge is 0.341 e. The van der Waals surface area contributed by atoms with Crippen molar-refractivity contribution >= 4 is 30.7 Å². The molecule has 1 aliphatic heterocycles. The lowest BCUT2D eigenvalue weighted by molar-refractivity contribution is -0.131. The van der Waals surface area contributed by atoms with Crippen molar-refractivity contribution in [2.24, 2.45) is 11.7 Å². The van der Waals surface area contributed by atoms with E-state index in [1.54, 1.807) is 17.1 Å². The van der Waals surface area contributed by atoms with Gasteiger partial charge in [0.15, 0.2) is 0 Å². The fourth-order valence-electron chi connectivity index (χ4n) is 2.08. The van der Waals surface area contributed by atoms with E-state index in [9.17, 15) is 4.79 Å². The normalized spacial score (nSPS) is 19.9. The van der Waals surface area contributed by atoms with Gasteiger partial charge in [-0.25, -0.2) is 0 Å². The molecule has 1 fully saturated rings. The SMILES string of the molecule is CC(N)C1CCN(C(=O)Cn2cccn2)C1.Cl.Cl. The number of amides is 1. The van der Waals surface area contributed by atoms with Crippen molar-refractivity contribution in [1.29, 1.82) is 0 Å². The molecule has 0 aromatic carbocycles. The van der Waals surface area contributed by atoms with Gasteiger partial charge in [-0.3, -0.25) is 9.48 Å². The average molecular weight is 295 g/mol. The average Bonchev–Trinajstić information content (AvgIpc) is 2.86. The standard InChI is InChI=1S/C11H18N4O.2ClH/c1-9(12)10-3-6-14(7-10)11(16)8-15-5-2-4-13-15;;/h2,4-5,9-10H,3,6-8,12H2,1H3;2*1H. The van der Waals surface area contributed by atoms with Gasteiger partial charge < -0.3 is 10.6 Å². The lowest BCUT2D eigenvalue weighted by atomic mass is 10.0. The Morgan fingerprint density at radius 1 is 1.56 bits per heavy atom. The van der Waals surface area contributed by atoms with Crippen molar-refractivity contribution in [2.75, 3.05) is 13.1 Å². The van der Waals surface area contributed by atoms with Crippen molar-refractivity contribution in [3.8, 4) is 0 Å². The molecule has 104 valence electrons. The number of hydrogen-bond donors (Lipinski definition) is 1. The van der Waals surface area contributed by atoms with E-state index in [0.29, 0.717) is 12.5 Å². The van der Waals surface area contributed by atoms with E-state index >= 15 is 0 Å². The minimum atomic E-state index is 0. The first-order chi connectivity index (χ1) is 7.66. The predicted molar refractivity (Wildman–Crippen MR) is 75.1 cm³/mol. The van der Waals surface area contributed by atoms with Crippen LogP contribution in [0.25, 0.3) is 0 Å². The highest BCUT2D eigenvalue weighted by atomic mass is 35.5. The molecule has 0 bridgehead atoms. The van der Waals surface area contributed by atoms with Crippen LogP contribution in [0, 0.1) is 5.92 Å². The van der Waals surface area contributed by atoms with E-state index in [1.807, 2.05) is 17.9 Å². The third-order valence-electron chi connectivity index (χ3n) is 3.18. The Bertz CT molecular complexity index is 356. The molecule has 1 aromatic rings. The van der Waals surface area contributed by atoms with Crippen LogP contribution in [0.4, 0.5) is 0 Å². The van der Waals surface area contributed by atoms with Crippen LogP contribution in [0.1, 0.15) is 13.3 Å². The summed E-state index contributed by atoms with van der Waals surface area (Å²) in [5.74, 6) is 0.577. The molecule has 7 heteroatoms. The highest BCUT2D eigenvalue weighted by Gasteiger charge is 2.28. The Morgan fingerprint density at radius 2 is 2.28 bits per heavy atom. The molecule has 2 N–H and O–H groups in total. The van der Waals surface area contributed by atoms with Crippen LogP contribution in [0.3, 0.4) is 0 Å². The molecule has 0 aliphatic carbocycles. The quantitative estimate of drug-likeness (QED) is 0.902. The van der Waals surface area contributed by atoms with Crippen molar-refractivity contribution in [3.05, 3.63) is 18.5 Å². The number of carbonyl (C=O) groups is 1. The van der Waals surface area contributed by atoms with Gasteiger partial charge >= 0.3 is 0 Å². The van der Waals surface area contributed by atoms with Gasteiger partial charge in [0.25, 0.3) is 0 Å². The number of carbonyl (C=O) groups excluding carboxylic acids is 1. The molecule has 0 radical (unpaired) electrons. The van der Waals surface area contributed by atoms with Gasteiger partial charge in [0.2, 0.25) is 5.91 Å². The van der Waals surface area contributed by atoms with Gasteiger partial charge in [-0.2, -0.15) is 5.10 Å². The Hall–Kier alpha value is -0.780. The van der Waals surface area contributed by atoms with E-state index in [-0.39, 0.29) is 36.8 Å². The summed E-state index contributed by atoms with van der Waals surface area (Å²) in [5, 5.41) is 4.03. The summed E-state index contributed by atoms with van der Waals surface area (Å²) in [6.45, 7) is 3.95. The van der Waals surface area contributed by atoms with Gasteiger partial charge in [-0.15, -0.1) is 24.8 Å². The van der Waals surface area contributed by atoms with E-state index in [1.165, 1.54) is 0 Å². The molecule has 5 nitrogen and oxygen atoms in total. The first kappa shape index (κ1) is 17.2. The third kappa shape index (κ3) is 4.15. The number of nitrogens with two attached hydrogens (primary N) is 1. The summed E-state index contributed by atoms with van der Waals surface area (Å²) in [6, 6.07) is 1.99. The van der Waals surface area contributed by atoms with Gasteiger partial charge in [-0.1, -0.05) is 0 Å². The molecule has 2 rings (SSSR count). The zero-order chi connectivity index (χ0) is 11.5. The van der Waals surface area contributed by atoms with Crippen molar-refractivity contribution in [1.82, 2.24) is 14.7 Å². The van der Waals surface area contributed by atoms with Crippen molar-refractivity contribution < 1.29 is 4.79 Å². The van der Waals surface area contributed by atoms with Crippen LogP contribution >= 0.6 is 24.8 Å². The van der Waals surface area contributed by atoms with Crippen LogP contribution in [-0.4, -0.2) is 39.7 Å². The van der Waals surface area contributed by atoms with E-state index in [0.717, 1.165) is 19.5 Å². The van der Waals surface area contributed by atoms with Crippen LogP contribution in [-0.2, 0) is 11.3 Å². The number of rotatable bonds is 3. The lowest BCUT2D eigenvalue weighted by Crippen LogP contribution is -2.34. The summed E-state index contributed by atoms with van der Waals surface area (Å²) < 4.78 is 1.65. The fourth-order valence-corrected chi connectivity index (χ4v) is 2.08. The highest BCUT2D eigenvalue weighted by molar-refractivity contribution is 5.85. The monoisotopic (exact) mass is 294 g/mol. The molecule has 1 saturated heterocycles. The van der Waals surface area contributed by atoms with Crippen LogP contribution in [0.2, 0.25) is 0 Å². The molecule has 2 heterocycles. The Morgan fingerprint density at radius 3 is 2.78 bits per heavy atom. The second-order valence-corrected chi connectivity index (χ2v) is 4.45. The number of hydrogen-bond acceptors (Lipinski definition) is 3. The summed E-state index contributed by atoms with van der Waals surface area (Å²) in [5.41, 5.74) is 5.84. The van der Waals surface area contributed by atoms with Crippen molar-refractivity contribution in [2.45, 2.75) is 25.9 Å². The zero-order valence-electron chi connectivity index (χ0n) is 10.4. The third-order valence-corrected chi connectivity index (χ3v) is 3.18. The van der Waals surface area contributed by atoms with E-state index < -0.39 is 0 Å². The number of halogens is 2. The first-order valence-electron chi connectivity index (χ1n) is 5.67. The van der Waals surface area contributed by atoms with Gasteiger partial charge in [0, 0.05) is 31.5 Å². The van der Waals surface area contributed by atoms with Gasteiger partial charge in [0.05, 0.1) is 0 Å². The van der Waals surface area contributed by atoms with Gasteiger partial charge in [-0.05, 0) is 25.3 Å². The predicted octanol–water partition coefficient (Wildman–Crippen LogP) is 0.922. The Balaban J connectivity index is 0.00000144. The minimum absolute atomic E-state index is 0. The number of nitrogens with zero attached hydrogens (tertiary/aromatic N) is 3. The second kappa shape index (κ2) is 7.61. The summed E-state index contributed by atoms with van der Waals surface area (Å²) in [4.78, 5) is 13.8. The van der Waals surface area contributed by atoms with Gasteiger partial charge in [0.1, 0.15) is 6.54 Å². The van der Waals surface area contributed by atoms with Crippen molar-refractivity contribution in [3.63, 3.8) is 0 Å². The molecule has 2 atom stereocenters. The lowest BCUT2D eigenvalue weighted by Gasteiger charge is -2.18. The number of aromatic nitrogens is 2. The maximum Gasteiger partial charge on any atom is 0.244 e. The molecule has 1 amide bonds. The molecule has 0 spiro atoms. The summed E-state index contributed by atoms with van der Waals surface area (Å²) in [7, 11) is 0. The smallest absolute Gasteiger partial charge is 0.244 e. The fraction of sp³-hybridized carbons (Fsp3) is 0.636. The van der Waals surface area contributed by atoms with E-state index in [2.05, 4.69) is 5.10 Å². The summed E-state index contributed by atoms with van der Waals surface area (Å²) >= 11 is 0.